The van der Waals surface area contributed by atoms with E-state index in [0.717, 1.165) is 36.1 Å². The standard InChI is InChI=1S/C21H26FN3O4S/c1-3-29-17-6-4-16(5-7-17)15-24-10-12-25(13-11-24)21(26)19-14-18(8-9-20(19)22)30(27,28)23-2/h4-9,14,23H,3,10-13,15H2,1-2H3. The lowest BCUT2D eigenvalue weighted by atomic mass is 10.1. The summed E-state index contributed by atoms with van der Waals surface area (Å²) in [6.07, 6.45) is 0. The van der Waals surface area contributed by atoms with Crippen molar-refractivity contribution in [1.82, 2.24) is 14.5 Å². The highest BCUT2D eigenvalue weighted by molar-refractivity contribution is 7.89. The topological polar surface area (TPSA) is 79.0 Å². The maximum atomic E-state index is 14.2. The van der Waals surface area contributed by atoms with Crippen LogP contribution in [0.4, 0.5) is 4.39 Å². The highest BCUT2D eigenvalue weighted by Crippen LogP contribution is 2.19. The number of carbonyl (C=O) groups excluding carboxylic acids is 1. The lowest BCUT2D eigenvalue weighted by Crippen LogP contribution is -2.48. The van der Waals surface area contributed by atoms with Crippen LogP contribution in [0.15, 0.2) is 47.4 Å². The van der Waals surface area contributed by atoms with Gasteiger partial charge in [0.25, 0.3) is 5.91 Å². The van der Waals surface area contributed by atoms with Crippen LogP contribution >= 0.6 is 0 Å². The van der Waals surface area contributed by atoms with Crippen molar-refractivity contribution in [2.75, 3.05) is 39.8 Å². The Morgan fingerprint density at radius 3 is 2.37 bits per heavy atom. The van der Waals surface area contributed by atoms with E-state index in [-0.39, 0.29) is 10.5 Å². The summed E-state index contributed by atoms with van der Waals surface area (Å²) in [4.78, 5) is 16.4. The third kappa shape index (κ3) is 5.16. The molecule has 0 atom stereocenters. The molecule has 0 aromatic heterocycles. The zero-order valence-electron chi connectivity index (χ0n) is 17.1. The molecular formula is C21H26FN3O4S. The van der Waals surface area contributed by atoms with Gasteiger partial charge in [-0.15, -0.1) is 0 Å². The summed E-state index contributed by atoms with van der Waals surface area (Å²) in [7, 11) is -2.49. The van der Waals surface area contributed by atoms with Crippen LogP contribution in [-0.4, -0.2) is 64.0 Å². The minimum atomic E-state index is -3.76. The number of hydrogen-bond donors (Lipinski definition) is 1. The first kappa shape index (κ1) is 22.2. The molecule has 1 N–H and O–H groups in total. The van der Waals surface area contributed by atoms with Crippen LogP contribution in [0.3, 0.4) is 0 Å². The van der Waals surface area contributed by atoms with E-state index < -0.39 is 21.7 Å². The fourth-order valence-corrected chi connectivity index (χ4v) is 4.10. The number of piperazine rings is 1. The second-order valence-corrected chi connectivity index (χ2v) is 8.88. The molecule has 0 unspecified atom stereocenters. The Hall–Kier alpha value is -2.49. The molecule has 0 aliphatic carbocycles. The van der Waals surface area contributed by atoms with Gasteiger partial charge in [0.15, 0.2) is 0 Å². The van der Waals surface area contributed by atoms with Gasteiger partial charge in [0.1, 0.15) is 11.6 Å². The number of nitrogens with one attached hydrogen (secondary N) is 1. The summed E-state index contributed by atoms with van der Waals surface area (Å²) >= 11 is 0. The molecule has 30 heavy (non-hydrogen) atoms. The van der Waals surface area contributed by atoms with Gasteiger partial charge in [-0.25, -0.2) is 17.5 Å². The molecule has 0 radical (unpaired) electrons. The van der Waals surface area contributed by atoms with Crippen LogP contribution < -0.4 is 9.46 Å². The number of nitrogens with zero attached hydrogens (tertiary/aromatic N) is 2. The minimum Gasteiger partial charge on any atom is -0.494 e. The first-order valence-electron chi connectivity index (χ1n) is 9.80. The molecule has 162 valence electrons. The summed E-state index contributed by atoms with van der Waals surface area (Å²) in [6, 6.07) is 11.2. The number of amides is 1. The van der Waals surface area contributed by atoms with Crippen molar-refractivity contribution in [3.8, 4) is 5.75 Å². The Balaban J connectivity index is 1.62. The van der Waals surface area contributed by atoms with Crippen molar-refractivity contribution in [2.24, 2.45) is 0 Å². The highest BCUT2D eigenvalue weighted by atomic mass is 32.2. The van der Waals surface area contributed by atoms with Gasteiger partial charge >= 0.3 is 0 Å². The fourth-order valence-electron chi connectivity index (χ4n) is 3.35. The Kier molecular flexibility index (Phi) is 7.06. The van der Waals surface area contributed by atoms with Gasteiger partial charge in [-0.05, 0) is 49.9 Å². The predicted molar refractivity (Wildman–Crippen MR) is 111 cm³/mol. The number of hydrogen-bond acceptors (Lipinski definition) is 5. The van der Waals surface area contributed by atoms with Crippen LogP contribution in [0.2, 0.25) is 0 Å². The number of halogens is 1. The summed E-state index contributed by atoms with van der Waals surface area (Å²) in [5.74, 6) is -0.394. The molecular weight excluding hydrogens is 409 g/mol. The van der Waals surface area contributed by atoms with Crippen LogP contribution in [0.25, 0.3) is 0 Å². The maximum absolute atomic E-state index is 14.2. The lowest BCUT2D eigenvalue weighted by molar-refractivity contribution is 0.0623. The zero-order chi connectivity index (χ0) is 21.7. The average molecular weight is 436 g/mol. The monoisotopic (exact) mass is 435 g/mol. The average Bonchev–Trinajstić information content (AvgIpc) is 2.75. The van der Waals surface area contributed by atoms with Crippen LogP contribution in [0.1, 0.15) is 22.8 Å². The zero-order valence-corrected chi connectivity index (χ0v) is 17.9. The Bertz CT molecular complexity index is 988. The first-order chi connectivity index (χ1) is 14.3. The van der Waals surface area contributed by atoms with Crippen LogP contribution in [0.5, 0.6) is 5.75 Å². The summed E-state index contributed by atoms with van der Waals surface area (Å²) < 4.78 is 45.8. The highest BCUT2D eigenvalue weighted by Gasteiger charge is 2.25. The number of carbonyl (C=O) groups is 1. The van der Waals surface area contributed by atoms with Crippen molar-refractivity contribution in [3.05, 3.63) is 59.4 Å². The number of sulfonamides is 1. The molecule has 1 aliphatic heterocycles. The smallest absolute Gasteiger partial charge is 0.256 e. The Morgan fingerprint density at radius 1 is 1.10 bits per heavy atom. The molecule has 1 heterocycles. The van der Waals surface area contributed by atoms with Crippen molar-refractivity contribution in [3.63, 3.8) is 0 Å². The Morgan fingerprint density at radius 2 is 1.77 bits per heavy atom. The van der Waals surface area contributed by atoms with Gasteiger partial charge in [0.2, 0.25) is 10.0 Å². The first-order valence-corrected chi connectivity index (χ1v) is 11.3. The molecule has 1 fully saturated rings. The van der Waals surface area contributed by atoms with Gasteiger partial charge in [-0.3, -0.25) is 9.69 Å². The lowest BCUT2D eigenvalue weighted by Gasteiger charge is -2.35. The largest absolute Gasteiger partial charge is 0.494 e. The van der Waals surface area contributed by atoms with E-state index in [2.05, 4.69) is 9.62 Å². The van der Waals surface area contributed by atoms with E-state index in [1.165, 1.54) is 7.05 Å². The Labute approximate surface area is 176 Å². The van der Waals surface area contributed by atoms with Gasteiger partial charge in [-0.2, -0.15) is 0 Å². The molecule has 2 aromatic rings. The quantitative estimate of drug-likeness (QED) is 0.721. The molecule has 1 aliphatic rings. The predicted octanol–water partition coefficient (Wildman–Crippen LogP) is 2.09. The third-order valence-corrected chi connectivity index (χ3v) is 6.46. The number of rotatable bonds is 7. The summed E-state index contributed by atoms with van der Waals surface area (Å²) in [5.41, 5.74) is 0.917. The van der Waals surface area contributed by atoms with Crippen molar-refractivity contribution in [2.45, 2.75) is 18.4 Å². The number of benzene rings is 2. The van der Waals surface area contributed by atoms with Crippen molar-refractivity contribution < 1.29 is 22.3 Å². The second kappa shape index (κ2) is 9.55. The molecule has 0 bridgehead atoms. The van der Waals surface area contributed by atoms with Crippen molar-refractivity contribution in [1.29, 1.82) is 0 Å². The molecule has 3 rings (SSSR count). The maximum Gasteiger partial charge on any atom is 0.256 e. The molecule has 0 spiro atoms. The molecule has 9 heteroatoms. The molecule has 0 saturated carbocycles. The van der Waals surface area contributed by atoms with Gasteiger partial charge in [0, 0.05) is 32.7 Å². The fraction of sp³-hybridized carbons (Fsp3) is 0.381. The van der Waals surface area contributed by atoms with Gasteiger partial charge < -0.3 is 9.64 Å². The van der Waals surface area contributed by atoms with E-state index in [1.54, 1.807) is 4.90 Å². The molecule has 7 nitrogen and oxygen atoms in total. The van der Waals surface area contributed by atoms with Crippen LogP contribution in [0, 0.1) is 5.82 Å². The SMILES string of the molecule is CCOc1ccc(CN2CCN(C(=O)c3cc(S(=O)(=O)NC)ccc3F)CC2)cc1. The summed E-state index contributed by atoms with van der Waals surface area (Å²) in [6.45, 7) is 5.50. The molecule has 2 aromatic carbocycles. The van der Waals surface area contributed by atoms with Gasteiger partial charge in [-0.1, -0.05) is 12.1 Å². The van der Waals surface area contributed by atoms with Crippen LogP contribution in [-0.2, 0) is 16.6 Å². The van der Waals surface area contributed by atoms with E-state index in [9.17, 15) is 17.6 Å². The van der Waals surface area contributed by atoms with Gasteiger partial charge in [0.05, 0.1) is 17.1 Å². The van der Waals surface area contributed by atoms with E-state index in [1.807, 2.05) is 31.2 Å². The van der Waals surface area contributed by atoms with E-state index in [4.69, 9.17) is 4.74 Å². The number of ether oxygens (including phenoxy) is 1. The van der Waals surface area contributed by atoms with E-state index in [0.29, 0.717) is 32.8 Å². The minimum absolute atomic E-state index is 0.135. The molecule has 1 saturated heterocycles. The normalized spacial score (nSPS) is 15.2. The molecule has 1 amide bonds. The summed E-state index contributed by atoms with van der Waals surface area (Å²) in [5, 5.41) is 0. The third-order valence-electron chi connectivity index (χ3n) is 5.05. The van der Waals surface area contributed by atoms with E-state index >= 15 is 0 Å². The second-order valence-electron chi connectivity index (χ2n) is 6.99. The van der Waals surface area contributed by atoms with Crippen molar-refractivity contribution >= 4 is 15.9 Å².